The van der Waals surface area contributed by atoms with Gasteiger partial charge in [-0.1, -0.05) is 13.8 Å². The number of ether oxygens (including phenoxy) is 1. The molecule has 2 rings (SSSR count). The SMILES string of the molecule is CC(C)C[C@@H]1OCCC[C@H]1NC(=O)N[C@@H](C)c1cnn(C)c1. The van der Waals surface area contributed by atoms with Gasteiger partial charge in [-0.05, 0) is 32.1 Å². The highest BCUT2D eigenvalue weighted by Crippen LogP contribution is 2.20. The first-order valence-corrected chi connectivity index (χ1v) is 8.13. The molecule has 1 aliphatic heterocycles. The monoisotopic (exact) mass is 308 g/mol. The van der Waals surface area contributed by atoms with Crippen molar-refractivity contribution in [3.05, 3.63) is 18.0 Å². The molecule has 124 valence electrons. The molecule has 0 radical (unpaired) electrons. The number of nitrogens with zero attached hydrogens (tertiary/aromatic N) is 2. The molecule has 0 bridgehead atoms. The van der Waals surface area contributed by atoms with Gasteiger partial charge >= 0.3 is 6.03 Å². The first-order chi connectivity index (χ1) is 10.5. The maximum atomic E-state index is 12.2. The average Bonchev–Trinajstić information content (AvgIpc) is 2.87. The van der Waals surface area contributed by atoms with Crippen LogP contribution < -0.4 is 10.6 Å². The summed E-state index contributed by atoms with van der Waals surface area (Å²) in [6, 6.07) is -0.111. The van der Waals surface area contributed by atoms with Crippen LogP contribution >= 0.6 is 0 Å². The number of hydrogen-bond acceptors (Lipinski definition) is 3. The fraction of sp³-hybridized carbons (Fsp3) is 0.750. The van der Waals surface area contributed by atoms with Gasteiger partial charge in [0, 0.05) is 25.4 Å². The Labute approximate surface area is 132 Å². The van der Waals surface area contributed by atoms with Crippen LogP contribution in [0.15, 0.2) is 12.4 Å². The highest BCUT2D eigenvalue weighted by Gasteiger charge is 2.28. The number of aryl methyl sites for hydroxylation is 1. The van der Waals surface area contributed by atoms with Gasteiger partial charge < -0.3 is 15.4 Å². The summed E-state index contributed by atoms with van der Waals surface area (Å²) in [4.78, 5) is 12.2. The van der Waals surface area contributed by atoms with Crippen LogP contribution in [-0.4, -0.2) is 34.6 Å². The Bertz CT molecular complexity index is 486. The van der Waals surface area contributed by atoms with Gasteiger partial charge in [-0.2, -0.15) is 5.10 Å². The van der Waals surface area contributed by atoms with Crippen molar-refractivity contribution in [2.24, 2.45) is 13.0 Å². The Morgan fingerprint density at radius 2 is 2.27 bits per heavy atom. The molecule has 2 amide bonds. The highest BCUT2D eigenvalue weighted by atomic mass is 16.5. The third-order valence-corrected chi connectivity index (χ3v) is 4.03. The van der Waals surface area contributed by atoms with Crippen molar-refractivity contribution in [1.29, 1.82) is 0 Å². The predicted octanol–water partition coefficient (Wildman–Crippen LogP) is 2.37. The van der Waals surface area contributed by atoms with Crippen molar-refractivity contribution in [3.63, 3.8) is 0 Å². The molecule has 1 aliphatic rings. The molecule has 3 atom stereocenters. The Kier molecular flexibility index (Phi) is 5.83. The van der Waals surface area contributed by atoms with E-state index in [9.17, 15) is 4.79 Å². The van der Waals surface area contributed by atoms with Gasteiger partial charge in [0.05, 0.1) is 24.4 Å². The van der Waals surface area contributed by atoms with E-state index in [0.29, 0.717) is 5.92 Å². The van der Waals surface area contributed by atoms with Crippen LogP contribution in [0.1, 0.15) is 51.6 Å². The summed E-state index contributed by atoms with van der Waals surface area (Å²) in [5, 5.41) is 10.2. The quantitative estimate of drug-likeness (QED) is 0.877. The van der Waals surface area contributed by atoms with Gasteiger partial charge in [0.2, 0.25) is 0 Å². The van der Waals surface area contributed by atoms with E-state index >= 15 is 0 Å². The first-order valence-electron chi connectivity index (χ1n) is 8.13. The first kappa shape index (κ1) is 16.8. The molecular weight excluding hydrogens is 280 g/mol. The molecule has 0 saturated carbocycles. The average molecular weight is 308 g/mol. The van der Waals surface area contributed by atoms with E-state index < -0.39 is 0 Å². The molecule has 1 aromatic rings. The van der Waals surface area contributed by atoms with Gasteiger partial charge in [-0.25, -0.2) is 4.79 Å². The molecule has 6 heteroatoms. The van der Waals surface area contributed by atoms with Gasteiger partial charge in [0.15, 0.2) is 0 Å². The Morgan fingerprint density at radius 1 is 1.50 bits per heavy atom. The third-order valence-electron chi connectivity index (χ3n) is 4.03. The molecule has 6 nitrogen and oxygen atoms in total. The lowest BCUT2D eigenvalue weighted by Gasteiger charge is -2.33. The van der Waals surface area contributed by atoms with E-state index in [1.807, 2.05) is 20.2 Å². The van der Waals surface area contributed by atoms with Gasteiger partial charge in [-0.3, -0.25) is 4.68 Å². The number of aromatic nitrogens is 2. The number of rotatable bonds is 5. The summed E-state index contributed by atoms with van der Waals surface area (Å²) in [5.41, 5.74) is 0.997. The summed E-state index contributed by atoms with van der Waals surface area (Å²) in [6.45, 7) is 7.11. The van der Waals surface area contributed by atoms with Crippen LogP contribution in [0.4, 0.5) is 4.79 Å². The van der Waals surface area contributed by atoms with Crippen molar-refractivity contribution in [2.45, 2.75) is 58.2 Å². The van der Waals surface area contributed by atoms with E-state index in [-0.39, 0.29) is 24.2 Å². The van der Waals surface area contributed by atoms with Crippen molar-refractivity contribution in [2.75, 3.05) is 6.61 Å². The smallest absolute Gasteiger partial charge is 0.315 e. The van der Waals surface area contributed by atoms with Crippen molar-refractivity contribution >= 4 is 6.03 Å². The summed E-state index contributed by atoms with van der Waals surface area (Å²) in [5.74, 6) is 0.560. The van der Waals surface area contributed by atoms with E-state index in [1.165, 1.54) is 0 Å². The predicted molar refractivity (Wildman–Crippen MR) is 85.5 cm³/mol. The Hall–Kier alpha value is -1.56. The van der Waals surface area contributed by atoms with Gasteiger partial charge in [0.25, 0.3) is 0 Å². The highest BCUT2D eigenvalue weighted by molar-refractivity contribution is 5.74. The standard InChI is InChI=1S/C16H28N4O2/c1-11(2)8-15-14(6-5-7-22-15)19-16(21)18-12(3)13-9-17-20(4)10-13/h9-12,14-15H,5-8H2,1-4H3,(H2,18,19,21)/t12-,14+,15-/m0/s1. The molecule has 1 fully saturated rings. The van der Waals surface area contributed by atoms with Gasteiger partial charge in [-0.15, -0.1) is 0 Å². The van der Waals surface area contributed by atoms with Crippen molar-refractivity contribution in [3.8, 4) is 0 Å². The minimum absolute atomic E-state index is 0.0678. The maximum Gasteiger partial charge on any atom is 0.315 e. The Morgan fingerprint density at radius 3 is 2.91 bits per heavy atom. The topological polar surface area (TPSA) is 68.2 Å². The van der Waals surface area contributed by atoms with E-state index in [4.69, 9.17) is 4.74 Å². The maximum absolute atomic E-state index is 12.2. The van der Waals surface area contributed by atoms with E-state index in [1.54, 1.807) is 10.9 Å². The molecular formula is C16H28N4O2. The fourth-order valence-corrected chi connectivity index (χ4v) is 2.86. The summed E-state index contributed by atoms with van der Waals surface area (Å²) >= 11 is 0. The lowest BCUT2D eigenvalue weighted by molar-refractivity contribution is -0.0170. The second kappa shape index (κ2) is 7.63. The number of amides is 2. The van der Waals surface area contributed by atoms with E-state index in [0.717, 1.165) is 31.4 Å². The summed E-state index contributed by atoms with van der Waals surface area (Å²) in [7, 11) is 1.87. The zero-order valence-corrected chi connectivity index (χ0v) is 14.0. The zero-order chi connectivity index (χ0) is 16.1. The second-order valence-corrected chi connectivity index (χ2v) is 6.57. The molecule has 0 aliphatic carbocycles. The Balaban J connectivity index is 1.86. The molecule has 1 saturated heterocycles. The van der Waals surface area contributed by atoms with Crippen molar-refractivity contribution in [1.82, 2.24) is 20.4 Å². The molecule has 2 N–H and O–H groups in total. The van der Waals surface area contributed by atoms with Crippen LogP contribution in [0.5, 0.6) is 0 Å². The van der Waals surface area contributed by atoms with Crippen LogP contribution in [0.25, 0.3) is 0 Å². The number of urea groups is 1. The molecule has 0 spiro atoms. The number of carbonyl (C=O) groups excluding carboxylic acids is 1. The summed E-state index contributed by atoms with van der Waals surface area (Å²) < 4.78 is 7.57. The lowest BCUT2D eigenvalue weighted by atomic mass is 9.95. The van der Waals surface area contributed by atoms with Crippen molar-refractivity contribution < 1.29 is 9.53 Å². The van der Waals surface area contributed by atoms with E-state index in [2.05, 4.69) is 29.6 Å². The fourth-order valence-electron chi connectivity index (χ4n) is 2.86. The van der Waals surface area contributed by atoms with Crippen LogP contribution in [0.2, 0.25) is 0 Å². The third kappa shape index (κ3) is 4.73. The minimum atomic E-state index is -0.138. The number of carbonyl (C=O) groups is 1. The van der Waals surface area contributed by atoms with Crippen LogP contribution in [0, 0.1) is 5.92 Å². The minimum Gasteiger partial charge on any atom is -0.376 e. The molecule has 1 aromatic heterocycles. The van der Waals surface area contributed by atoms with Gasteiger partial charge in [0.1, 0.15) is 0 Å². The number of hydrogen-bond donors (Lipinski definition) is 2. The second-order valence-electron chi connectivity index (χ2n) is 6.57. The summed E-state index contributed by atoms with van der Waals surface area (Å²) in [6.07, 6.45) is 6.76. The lowest BCUT2D eigenvalue weighted by Crippen LogP contribution is -2.51. The normalized spacial score (nSPS) is 23.3. The van der Waals surface area contributed by atoms with Crippen LogP contribution in [-0.2, 0) is 11.8 Å². The molecule has 2 heterocycles. The molecule has 0 aromatic carbocycles. The largest absolute Gasteiger partial charge is 0.376 e. The van der Waals surface area contributed by atoms with Crippen LogP contribution in [0.3, 0.4) is 0 Å². The zero-order valence-electron chi connectivity index (χ0n) is 14.0. The molecule has 0 unspecified atom stereocenters. The number of nitrogens with one attached hydrogen (secondary N) is 2. The molecule has 22 heavy (non-hydrogen) atoms.